The van der Waals surface area contributed by atoms with Gasteiger partial charge in [0.25, 0.3) is 10.1 Å². The molecule has 6 rings (SSSR count). The highest BCUT2D eigenvalue weighted by atomic mass is 32.2. The first-order chi connectivity index (χ1) is 29.4. The standard InChI is InChI=1S/C45H54N8O7S2/c1-44(2)34-17-10-12-19-37(34)52(29-16-30-61(55,56)57)40(44)21-7-5-8-22-41-45(3,4)35-31-33(62(58,59)60)24-25-38(35)51(41)27-14-6-9-23-43(54)47-26-15-28-53-39-20-13-11-18-36(39)49-42(53)32-48-50-46/h5,7-8,10-13,17-22,24-25,31H,6,9,14-16,23,26-30,32H2,1-4H3,(H2-,47,54,55,56,57,58,59,60). The third-order valence-corrected chi connectivity index (χ3v) is 13.3. The van der Waals surface area contributed by atoms with Gasteiger partial charge in [-0.25, -0.2) is 13.4 Å². The minimum Gasteiger partial charge on any atom is -0.748 e. The molecule has 328 valence electrons. The lowest BCUT2D eigenvalue weighted by atomic mass is 9.81. The number of azide groups is 1. The molecule has 1 aromatic heterocycles. The number of fused-ring (bicyclic) bond motifs is 3. The maximum absolute atomic E-state index is 12.8. The van der Waals surface area contributed by atoms with Crippen molar-refractivity contribution >= 4 is 54.3 Å². The summed E-state index contributed by atoms with van der Waals surface area (Å²) in [5.74, 6) is 0.211. The van der Waals surface area contributed by atoms with Gasteiger partial charge in [0.2, 0.25) is 11.6 Å². The Kier molecular flexibility index (Phi) is 14.2. The number of aryl methyl sites for hydroxylation is 1. The average Bonchev–Trinajstić information content (AvgIpc) is 3.75. The van der Waals surface area contributed by atoms with E-state index in [9.17, 15) is 30.7 Å². The van der Waals surface area contributed by atoms with E-state index >= 15 is 0 Å². The number of carbonyl (C=O) groups is 1. The fraction of sp³-hybridized carbons (Fsp3) is 0.400. The van der Waals surface area contributed by atoms with Crippen molar-refractivity contribution in [2.75, 3.05) is 30.3 Å². The Morgan fingerprint density at radius 1 is 0.919 bits per heavy atom. The lowest BCUT2D eigenvalue weighted by molar-refractivity contribution is -0.437. The highest BCUT2D eigenvalue weighted by Crippen LogP contribution is 2.48. The molecule has 0 spiro atoms. The molecule has 2 N–H and O–H groups in total. The summed E-state index contributed by atoms with van der Waals surface area (Å²) in [5.41, 5.74) is 15.2. The van der Waals surface area contributed by atoms with Crippen LogP contribution in [0.1, 0.15) is 83.2 Å². The zero-order valence-electron chi connectivity index (χ0n) is 35.6. The fourth-order valence-corrected chi connectivity index (χ4v) is 9.56. The number of allylic oxidation sites excluding steroid dienone is 6. The summed E-state index contributed by atoms with van der Waals surface area (Å²) < 4.78 is 72.4. The van der Waals surface area contributed by atoms with Gasteiger partial charge in [0.15, 0.2) is 5.71 Å². The summed E-state index contributed by atoms with van der Waals surface area (Å²) in [4.78, 5) is 22.2. The number of rotatable bonds is 20. The third-order valence-electron chi connectivity index (χ3n) is 11.6. The number of anilines is 1. The van der Waals surface area contributed by atoms with E-state index in [1.165, 1.54) is 12.1 Å². The van der Waals surface area contributed by atoms with Gasteiger partial charge in [-0.2, -0.15) is 13.0 Å². The molecule has 0 aliphatic carbocycles. The van der Waals surface area contributed by atoms with Gasteiger partial charge in [-0.1, -0.05) is 73.9 Å². The highest BCUT2D eigenvalue weighted by molar-refractivity contribution is 7.86. The van der Waals surface area contributed by atoms with Crippen molar-refractivity contribution in [3.8, 4) is 0 Å². The molecule has 62 heavy (non-hydrogen) atoms. The highest BCUT2D eigenvalue weighted by Gasteiger charge is 2.44. The van der Waals surface area contributed by atoms with Crippen LogP contribution >= 0.6 is 0 Å². The van der Waals surface area contributed by atoms with Crippen molar-refractivity contribution < 1.29 is 35.3 Å². The lowest BCUT2D eigenvalue weighted by Crippen LogP contribution is -2.28. The number of imidazole rings is 1. The van der Waals surface area contributed by atoms with Crippen LogP contribution in [0.3, 0.4) is 0 Å². The van der Waals surface area contributed by atoms with Crippen LogP contribution in [-0.4, -0.2) is 77.1 Å². The summed E-state index contributed by atoms with van der Waals surface area (Å²) in [6.45, 7) is 10.5. The van der Waals surface area contributed by atoms with E-state index in [0.717, 1.165) is 57.8 Å². The van der Waals surface area contributed by atoms with Crippen molar-refractivity contribution in [3.63, 3.8) is 0 Å². The first-order valence-corrected chi connectivity index (χ1v) is 23.8. The van der Waals surface area contributed by atoms with Gasteiger partial charge < -0.3 is 19.3 Å². The van der Waals surface area contributed by atoms with Crippen LogP contribution in [0.4, 0.5) is 11.4 Å². The van der Waals surface area contributed by atoms with Gasteiger partial charge in [-0.3, -0.25) is 9.35 Å². The Hall–Kier alpha value is -5.58. The molecular formula is C45H54N8O7S2. The molecule has 1 amide bonds. The van der Waals surface area contributed by atoms with Gasteiger partial charge in [0.05, 0.1) is 38.0 Å². The van der Waals surface area contributed by atoms with Gasteiger partial charge in [0.1, 0.15) is 12.4 Å². The molecule has 17 heteroatoms. The summed E-state index contributed by atoms with van der Waals surface area (Å²) in [6.07, 6.45) is 13.3. The Bertz CT molecular complexity index is 2730. The average molecular weight is 883 g/mol. The van der Waals surface area contributed by atoms with E-state index in [0.29, 0.717) is 51.3 Å². The Labute approximate surface area is 363 Å². The molecule has 2 aliphatic heterocycles. The maximum Gasteiger partial charge on any atom is 0.294 e. The molecule has 15 nitrogen and oxygen atoms in total. The first-order valence-electron chi connectivity index (χ1n) is 20.8. The largest absolute Gasteiger partial charge is 0.748 e. The second kappa shape index (κ2) is 19.2. The van der Waals surface area contributed by atoms with Gasteiger partial charge in [-0.05, 0) is 80.6 Å². The number of hydrogen-bond acceptors (Lipinski definition) is 9. The Morgan fingerprint density at radius 3 is 2.44 bits per heavy atom. The molecule has 0 unspecified atom stereocenters. The van der Waals surface area contributed by atoms with Crippen molar-refractivity contribution in [2.24, 2.45) is 5.11 Å². The predicted molar refractivity (Wildman–Crippen MR) is 240 cm³/mol. The minimum atomic E-state index is -4.43. The predicted octanol–water partition coefficient (Wildman–Crippen LogP) is 7.97. The SMILES string of the molecule is CC1(C)C(/C=C/C=C/C=C2/N(CCCCCC(=O)NCCCn3c(CN=[N+]=[N-])nc4ccccc43)c3ccc(S(=O)(=O)O)cc3C2(C)C)=[N+](CCCS(=O)(=O)[O-])c2ccccc21. The van der Waals surface area contributed by atoms with Gasteiger partial charge in [0, 0.05) is 77.6 Å². The summed E-state index contributed by atoms with van der Waals surface area (Å²) >= 11 is 0. The van der Waals surface area contributed by atoms with E-state index in [1.54, 1.807) is 6.07 Å². The minimum absolute atomic E-state index is 0.0273. The van der Waals surface area contributed by atoms with Crippen molar-refractivity contribution in [2.45, 2.75) is 95.0 Å². The van der Waals surface area contributed by atoms with Crippen molar-refractivity contribution in [1.29, 1.82) is 0 Å². The van der Waals surface area contributed by atoms with Crippen molar-refractivity contribution in [3.05, 3.63) is 130 Å². The van der Waals surface area contributed by atoms with E-state index in [4.69, 9.17) is 5.53 Å². The van der Waals surface area contributed by atoms with Gasteiger partial charge in [-0.15, -0.1) is 0 Å². The fourth-order valence-electron chi connectivity index (χ4n) is 8.57. The second-order valence-electron chi connectivity index (χ2n) is 16.6. The molecule has 0 saturated carbocycles. The van der Waals surface area contributed by atoms with E-state index in [-0.39, 0.29) is 29.2 Å². The number of benzene rings is 3. The Morgan fingerprint density at radius 2 is 1.68 bits per heavy atom. The molecule has 4 aromatic rings. The van der Waals surface area contributed by atoms with Crippen LogP contribution in [0, 0.1) is 0 Å². The topological polar surface area (TPSA) is 213 Å². The lowest BCUT2D eigenvalue weighted by Gasteiger charge is -2.27. The number of amides is 1. The summed E-state index contributed by atoms with van der Waals surface area (Å²) in [6, 6.07) is 20.4. The van der Waals surface area contributed by atoms with Crippen LogP contribution in [0.2, 0.25) is 0 Å². The number of hydrogen-bond donors (Lipinski definition) is 2. The molecule has 0 atom stereocenters. The number of nitrogens with zero attached hydrogens (tertiary/aromatic N) is 7. The molecule has 3 aromatic carbocycles. The molecule has 0 saturated heterocycles. The van der Waals surface area contributed by atoms with Crippen LogP contribution in [0.5, 0.6) is 0 Å². The summed E-state index contributed by atoms with van der Waals surface area (Å²) in [7, 11) is -8.77. The van der Waals surface area contributed by atoms with E-state index < -0.39 is 31.4 Å². The quantitative estimate of drug-likeness (QED) is 0.0167. The normalized spacial score (nSPS) is 16.4. The number of nitrogens with one attached hydrogen (secondary N) is 1. The van der Waals surface area contributed by atoms with E-state index in [2.05, 4.69) is 49.7 Å². The molecule has 2 aliphatic rings. The molecule has 0 radical (unpaired) electrons. The van der Waals surface area contributed by atoms with Crippen LogP contribution in [0.25, 0.3) is 21.5 Å². The number of carbonyl (C=O) groups excluding carboxylic acids is 1. The monoisotopic (exact) mass is 882 g/mol. The summed E-state index contributed by atoms with van der Waals surface area (Å²) in [5, 5.41) is 6.70. The molecule has 3 heterocycles. The zero-order chi connectivity index (χ0) is 44.7. The van der Waals surface area contributed by atoms with Crippen LogP contribution < -0.4 is 10.2 Å². The second-order valence-corrected chi connectivity index (χ2v) is 19.5. The number of unbranched alkanes of at least 4 members (excludes halogenated alkanes) is 2. The van der Waals surface area contributed by atoms with Crippen LogP contribution in [-0.2, 0) is 49.0 Å². The maximum atomic E-state index is 12.8. The van der Waals surface area contributed by atoms with Crippen LogP contribution in [0.15, 0.2) is 113 Å². The smallest absolute Gasteiger partial charge is 0.294 e. The van der Waals surface area contributed by atoms with E-state index in [1.807, 2.05) is 91.3 Å². The molecular weight excluding hydrogens is 829 g/mol. The Balaban J connectivity index is 1.10. The third kappa shape index (κ3) is 10.5. The number of aromatic nitrogens is 2. The zero-order valence-corrected chi connectivity index (χ0v) is 37.2. The first kappa shape index (κ1) is 45.9. The molecule has 0 fully saturated rings. The molecule has 0 bridgehead atoms. The van der Waals surface area contributed by atoms with Gasteiger partial charge >= 0.3 is 0 Å². The number of para-hydroxylation sites is 3. The van der Waals surface area contributed by atoms with Crippen molar-refractivity contribution in [1.82, 2.24) is 14.9 Å².